The maximum absolute atomic E-state index is 14.8. The van der Waals surface area contributed by atoms with E-state index in [4.69, 9.17) is 4.74 Å². The fourth-order valence-electron chi connectivity index (χ4n) is 3.73. The molecule has 0 heterocycles. The molecule has 0 N–H and O–H groups in total. The molecule has 0 spiro atoms. The van der Waals surface area contributed by atoms with Gasteiger partial charge in [0.2, 0.25) is 5.60 Å². The molecule has 3 aromatic carbocycles. The van der Waals surface area contributed by atoms with Gasteiger partial charge in [-0.2, -0.15) is 4.79 Å². The van der Waals surface area contributed by atoms with Crippen molar-refractivity contribution in [2.24, 2.45) is 0 Å². The topological polar surface area (TPSA) is 62.7 Å². The molecule has 1 aliphatic rings. The molecular weight excluding hydrogens is 391 g/mol. The third kappa shape index (κ3) is 3.32. The van der Waals surface area contributed by atoms with Gasteiger partial charge in [0.25, 0.3) is 7.14 Å². The molecule has 0 radical (unpaired) electrons. The standard InChI is InChI=1S/C25H21N2O2P/c1-29-25(18-16-20-10-8-9-11-21(20)17-19-25)24(27-26)30(28,22-12-4-2-5-13-22)23-14-6-3-7-15-23/h2-19H,1H3. The lowest BCUT2D eigenvalue weighted by atomic mass is 10.0. The summed E-state index contributed by atoms with van der Waals surface area (Å²) in [5.41, 5.74) is 11.0. The number of hydrogen-bond acceptors (Lipinski definition) is 2. The molecule has 0 saturated carbocycles. The predicted molar refractivity (Wildman–Crippen MR) is 123 cm³/mol. The molecule has 0 amide bonds. The Balaban J connectivity index is 1.97. The molecule has 5 heteroatoms. The number of ether oxygens (including phenoxy) is 1. The van der Waals surface area contributed by atoms with Crippen LogP contribution < -0.4 is 10.6 Å². The van der Waals surface area contributed by atoms with Crippen molar-refractivity contribution in [2.45, 2.75) is 5.60 Å². The SMILES string of the molecule is COC1(C(=[N+]=[N-])P(=O)(c2ccccc2)c2ccccc2)C=Cc2ccccc2C=C1. The highest BCUT2D eigenvalue weighted by Gasteiger charge is 2.53. The highest BCUT2D eigenvalue weighted by molar-refractivity contribution is 7.93. The van der Waals surface area contributed by atoms with Crippen LogP contribution in [-0.2, 0) is 9.30 Å². The second kappa shape index (κ2) is 8.22. The van der Waals surface area contributed by atoms with Crippen molar-refractivity contribution in [3.05, 3.63) is 114 Å². The number of benzene rings is 3. The highest BCUT2D eigenvalue weighted by Crippen LogP contribution is 2.49. The van der Waals surface area contributed by atoms with E-state index in [0.29, 0.717) is 10.6 Å². The van der Waals surface area contributed by atoms with Gasteiger partial charge < -0.3 is 14.8 Å². The van der Waals surface area contributed by atoms with E-state index in [-0.39, 0.29) is 5.45 Å². The van der Waals surface area contributed by atoms with Gasteiger partial charge in [0.1, 0.15) is 0 Å². The zero-order valence-corrected chi connectivity index (χ0v) is 17.4. The van der Waals surface area contributed by atoms with Gasteiger partial charge in [-0.05, 0) is 23.3 Å². The van der Waals surface area contributed by atoms with Gasteiger partial charge >= 0.3 is 5.45 Å². The third-order valence-corrected chi connectivity index (χ3v) is 8.42. The number of methoxy groups -OCH3 is 1. The molecule has 0 aromatic heterocycles. The smallest absolute Gasteiger partial charge is 0.361 e. The normalized spacial score (nSPS) is 14.4. The van der Waals surface area contributed by atoms with Crippen molar-refractivity contribution >= 4 is 35.4 Å². The van der Waals surface area contributed by atoms with Gasteiger partial charge in [-0.1, -0.05) is 97.1 Å². The molecule has 4 rings (SSSR count). The molecule has 0 aliphatic heterocycles. The number of nitrogens with zero attached hydrogens (tertiary/aromatic N) is 2. The summed E-state index contributed by atoms with van der Waals surface area (Å²) >= 11 is 0. The van der Waals surface area contributed by atoms with Gasteiger partial charge in [-0.3, -0.25) is 0 Å². The Bertz CT molecular complexity index is 1130. The van der Waals surface area contributed by atoms with Crippen molar-refractivity contribution in [3.63, 3.8) is 0 Å². The Morgan fingerprint density at radius 2 is 1.23 bits per heavy atom. The first-order chi connectivity index (χ1) is 14.6. The summed E-state index contributed by atoms with van der Waals surface area (Å²) in [6.07, 6.45) is 7.40. The third-order valence-electron chi connectivity index (χ3n) is 5.34. The maximum Gasteiger partial charge on any atom is 0.371 e. The minimum atomic E-state index is -3.53. The van der Waals surface area contributed by atoms with E-state index in [1.165, 1.54) is 7.11 Å². The van der Waals surface area contributed by atoms with Crippen LogP contribution in [0, 0.1) is 0 Å². The minimum Gasteiger partial charge on any atom is -0.361 e. The average molecular weight is 412 g/mol. The Morgan fingerprint density at radius 1 is 0.800 bits per heavy atom. The molecule has 3 aromatic rings. The molecular formula is C25H21N2O2P. The zero-order chi connectivity index (χ0) is 21.0. The van der Waals surface area contributed by atoms with Crippen molar-refractivity contribution in [2.75, 3.05) is 7.11 Å². The Hall–Kier alpha value is -3.29. The molecule has 30 heavy (non-hydrogen) atoms. The second-order valence-electron chi connectivity index (χ2n) is 7.00. The Morgan fingerprint density at radius 3 is 1.63 bits per heavy atom. The van der Waals surface area contributed by atoms with Crippen LogP contribution >= 0.6 is 7.14 Å². The van der Waals surface area contributed by atoms with Gasteiger partial charge in [0, 0.05) is 17.7 Å². The maximum atomic E-state index is 14.8. The monoisotopic (exact) mass is 412 g/mol. The van der Waals surface area contributed by atoms with E-state index in [1.54, 1.807) is 36.4 Å². The van der Waals surface area contributed by atoms with E-state index < -0.39 is 12.7 Å². The highest BCUT2D eigenvalue weighted by atomic mass is 31.2. The van der Waals surface area contributed by atoms with E-state index >= 15 is 0 Å². The molecule has 0 saturated heterocycles. The first-order valence-corrected chi connectivity index (χ1v) is 11.3. The van der Waals surface area contributed by atoms with E-state index in [0.717, 1.165) is 11.1 Å². The van der Waals surface area contributed by atoms with Crippen LogP contribution in [-0.4, -0.2) is 23.0 Å². The first kappa shape index (κ1) is 20.0. The van der Waals surface area contributed by atoms with Crippen LogP contribution in [0.15, 0.2) is 97.1 Å². The van der Waals surface area contributed by atoms with Gasteiger partial charge in [-0.15, -0.1) is 0 Å². The first-order valence-electron chi connectivity index (χ1n) is 9.61. The van der Waals surface area contributed by atoms with Crippen molar-refractivity contribution in [1.29, 1.82) is 0 Å². The van der Waals surface area contributed by atoms with Crippen LogP contribution in [0.3, 0.4) is 0 Å². The van der Waals surface area contributed by atoms with E-state index in [9.17, 15) is 10.1 Å². The predicted octanol–water partition coefficient (Wildman–Crippen LogP) is 4.75. The molecule has 0 atom stereocenters. The lowest BCUT2D eigenvalue weighted by Crippen LogP contribution is -2.41. The number of fused-ring (bicyclic) bond motifs is 1. The van der Waals surface area contributed by atoms with Crippen LogP contribution in [0.5, 0.6) is 0 Å². The summed E-state index contributed by atoms with van der Waals surface area (Å²) in [6.45, 7) is 0. The van der Waals surface area contributed by atoms with Crippen LogP contribution in [0.25, 0.3) is 17.7 Å². The van der Waals surface area contributed by atoms with Crippen LogP contribution in [0.1, 0.15) is 11.1 Å². The van der Waals surface area contributed by atoms with Crippen molar-refractivity contribution < 1.29 is 14.1 Å². The lowest BCUT2D eigenvalue weighted by Gasteiger charge is -2.26. The van der Waals surface area contributed by atoms with Crippen LogP contribution in [0.2, 0.25) is 0 Å². The second-order valence-corrected chi connectivity index (χ2v) is 9.67. The summed E-state index contributed by atoms with van der Waals surface area (Å²) < 4.78 is 20.7. The summed E-state index contributed by atoms with van der Waals surface area (Å²) in [6, 6.07) is 26.1. The minimum absolute atomic E-state index is 0.0511. The molecule has 0 fully saturated rings. The summed E-state index contributed by atoms with van der Waals surface area (Å²) in [4.78, 5) is 3.61. The quantitative estimate of drug-likeness (QED) is 0.263. The lowest BCUT2D eigenvalue weighted by molar-refractivity contribution is -0.0240. The van der Waals surface area contributed by atoms with Crippen molar-refractivity contribution in [3.8, 4) is 0 Å². The Labute approximate surface area is 176 Å². The Kier molecular flexibility index (Phi) is 5.48. The molecule has 0 bridgehead atoms. The van der Waals surface area contributed by atoms with Gasteiger partial charge in [0.15, 0.2) is 0 Å². The van der Waals surface area contributed by atoms with Gasteiger partial charge in [-0.25, -0.2) is 0 Å². The summed E-state index contributed by atoms with van der Waals surface area (Å²) in [7, 11) is -2.00. The largest absolute Gasteiger partial charge is 0.371 e. The zero-order valence-electron chi connectivity index (χ0n) is 16.6. The fourth-order valence-corrected chi connectivity index (χ4v) is 6.56. The summed E-state index contributed by atoms with van der Waals surface area (Å²) in [5.74, 6) is 0. The van der Waals surface area contributed by atoms with Crippen LogP contribution in [0.4, 0.5) is 0 Å². The molecule has 1 aliphatic carbocycles. The molecule has 148 valence electrons. The molecule has 0 unspecified atom stereocenters. The van der Waals surface area contributed by atoms with Gasteiger partial charge in [0.05, 0.1) is 0 Å². The fraction of sp³-hybridized carbons (Fsp3) is 0.0800. The van der Waals surface area contributed by atoms with Crippen molar-refractivity contribution in [1.82, 2.24) is 0 Å². The number of hydrogen-bond donors (Lipinski definition) is 0. The van der Waals surface area contributed by atoms with E-state index in [2.05, 4.69) is 4.79 Å². The summed E-state index contributed by atoms with van der Waals surface area (Å²) in [5, 5.41) is 1.15. The van der Waals surface area contributed by atoms with E-state index in [1.807, 2.05) is 72.8 Å². The number of rotatable bonds is 5. The molecule has 4 nitrogen and oxygen atoms in total. The average Bonchev–Trinajstić information content (AvgIpc) is 3.01.